The van der Waals surface area contributed by atoms with E-state index in [2.05, 4.69) is 34.3 Å². The van der Waals surface area contributed by atoms with E-state index in [0.717, 1.165) is 30.6 Å². The quantitative estimate of drug-likeness (QED) is 0.182. The molecule has 0 aliphatic carbocycles. The minimum Gasteiger partial charge on any atom is -0.494 e. The van der Waals surface area contributed by atoms with E-state index >= 15 is 0 Å². The molecular weight excluding hydrogens is 459 g/mol. The van der Waals surface area contributed by atoms with Crippen molar-refractivity contribution < 1.29 is 32.2 Å². The van der Waals surface area contributed by atoms with E-state index in [0.29, 0.717) is 19.6 Å². The zero-order chi connectivity index (χ0) is 25.4. The van der Waals surface area contributed by atoms with Gasteiger partial charge in [0.2, 0.25) is 0 Å². The first-order chi connectivity index (χ1) is 16.8. The summed E-state index contributed by atoms with van der Waals surface area (Å²) in [5.41, 5.74) is 2.45. The molecule has 5 nitrogen and oxygen atoms in total. The normalized spacial score (nSPS) is 11.3. The molecule has 35 heavy (non-hydrogen) atoms. The van der Waals surface area contributed by atoms with Crippen LogP contribution in [0.3, 0.4) is 0 Å². The van der Waals surface area contributed by atoms with Crippen molar-refractivity contribution in [1.29, 1.82) is 0 Å². The summed E-state index contributed by atoms with van der Waals surface area (Å²) < 4.78 is 45.7. The topological polar surface area (TPSA) is 64.6 Å². The second-order valence-electron chi connectivity index (χ2n) is 8.36. The molecule has 0 amide bonds. The van der Waals surface area contributed by atoms with E-state index in [-0.39, 0.29) is 13.0 Å². The van der Waals surface area contributed by atoms with Gasteiger partial charge in [0.25, 0.3) is 0 Å². The standard InChI is InChI=1S/C27H34F3NO4/c28-27(29,30)26(33)35-25(32)17-19-31-18-16-23-14-10-15-24(21-23)34-20-9-4-2-1-3-6-11-22-12-7-5-8-13-22/h5,7-8,10,12-15,21,31H,1-4,6,9,11,16-20H2. The van der Waals surface area contributed by atoms with Crippen LogP contribution in [0.25, 0.3) is 0 Å². The maximum Gasteiger partial charge on any atom is 0.491 e. The summed E-state index contributed by atoms with van der Waals surface area (Å²) in [7, 11) is 0. The molecule has 0 radical (unpaired) electrons. The van der Waals surface area contributed by atoms with Gasteiger partial charge >= 0.3 is 18.1 Å². The van der Waals surface area contributed by atoms with Crippen molar-refractivity contribution in [3.8, 4) is 5.75 Å². The lowest BCUT2D eigenvalue weighted by atomic mass is 10.1. The van der Waals surface area contributed by atoms with Crippen molar-refractivity contribution in [2.24, 2.45) is 0 Å². The average Bonchev–Trinajstić information content (AvgIpc) is 2.83. The number of esters is 2. The molecule has 0 heterocycles. The van der Waals surface area contributed by atoms with Gasteiger partial charge in [0.05, 0.1) is 13.0 Å². The maximum atomic E-state index is 12.0. The van der Waals surface area contributed by atoms with Gasteiger partial charge in [0.15, 0.2) is 0 Å². The highest BCUT2D eigenvalue weighted by Crippen LogP contribution is 2.17. The molecule has 0 atom stereocenters. The van der Waals surface area contributed by atoms with Gasteiger partial charge in [-0.25, -0.2) is 4.79 Å². The molecule has 0 aliphatic rings. The highest BCUT2D eigenvalue weighted by molar-refractivity contribution is 5.88. The summed E-state index contributed by atoms with van der Waals surface area (Å²) in [6.07, 6.45) is 3.40. The van der Waals surface area contributed by atoms with Crippen molar-refractivity contribution in [3.63, 3.8) is 0 Å². The monoisotopic (exact) mass is 493 g/mol. The first-order valence-electron chi connectivity index (χ1n) is 12.1. The lowest BCUT2D eigenvalue weighted by Gasteiger charge is -2.09. The van der Waals surface area contributed by atoms with Crippen molar-refractivity contribution in [2.75, 3.05) is 19.7 Å². The van der Waals surface area contributed by atoms with E-state index < -0.39 is 18.1 Å². The third-order valence-electron chi connectivity index (χ3n) is 5.40. The molecule has 0 saturated carbocycles. The predicted molar refractivity (Wildman–Crippen MR) is 128 cm³/mol. The number of halogens is 3. The van der Waals surface area contributed by atoms with Gasteiger partial charge in [-0.15, -0.1) is 0 Å². The number of rotatable bonds is 16. The lowest BCUT2D eigenvalue weighted by Crippen LogP contribution is -2.29. The molecule has 2 aromatic rings. The Bertz CT molecular complexity index is 887. The Morgan fingerprint density at radius 2 is 1.46 bits per heavy atom. The van der Waals surface area contributed by atoms with Gasteiger partial charge in [-0.3, -0.25) is 4.79 Å². The number of ether oxygens (including phenoxy) is 2. The van der Waals surface area contributed by atoms with E-state index in [1.807, 2.05) is 30.3 Å². The Kier molecular flexibility index (Phi) is 12.9. The molecule has 0 bridgehead atoms. The number of hydrogen-bond donors (Lipinski definition) is 1. The van der Waals surface area contributed by atoms with Crippen molar-refractivity contribution in [1.82, 2.24) is 5.32 Å². The summed E-state index contributed by atoms with van der Waals surface area (Å²) in [5.74, 6) is -2.89. The van der Waals surface area contributed by atoms with E-state index in [4.69, 9.17) is 4.74 Å². The molecule has 0 aliphatic heterocycles. The highest BCUT2D eigenvalue weighted by Gasteiger charge is 2.42. The third kappa shape index (κ3) is 13.0. The lowest BCUT2D eigenvalue weighted by molar-refractivity contribution is -0.201. The smallest absolute Gasteiger partial charge is 0.491 e. The number of hydrogen-bond acceptors (Lipinski definition) is 5. The van der Waals surface area contributed by atoms with Gasteiger partial charge in [0, 0.05) is 6.54 Å². The number of nitrogens with one attached hydrogen (secondary N) is 1. The van der Waals surface area contributed by atoms with Crippen LogP contribution in [0, 0.1) is 0 Å². The SMILES string of the molecule is O=C(CCNCCc1cccc(OCCCCCCCCc2ccccc2)c1)OC(=O)C(F)(F)F. The van der Waals surface area contributed by atoms with Crippen molar-refractivity contribution >= 4 is 11.9 Å². The van der Waals surface area contributed by atoms with E-state index in [9.17, 15) is 22.8 Å². The minimum absolute atomic E-state index is 0.117. The van der Waals surface area contributed by atoms with Gasteiger partial charge in [0.1, 0.15) is 5.75 Å². The third-order valence-corrected chi connectivity index (χ3v) is 5.40. The van der Waals surface area contributed by atoms with E-state index in [1.54, 1.807) is 0 Å². The Labute approximate surface area is 205 Å². The van der Waals surface area contributed by atoms with Crippen LogP contribution in [0.1, 0.15) is 56.1 Å². The van der Waals surface area contributed by atoms with Crippen LogP contribution in [0.5, 0.6) is 5.75 Å². The number of benzene rings is 2. The summed E-state index contributed by atoms with van der Waals surface area (Å²) in [6, 6.07) is 18.3. The Morgan fingerprint density at radius 1 is 0.771 bits per heavy atom. The van der Waals surface area contributed by atoms with Crippen LogP contribution in [-0.4, -0.2) is 37.8 Å². The fraction of sp³-hybridized carbons (Fsp3) is 0.481. The second-order valence-corrected chi connectivity index (χ2v) is 8.36. The maximum absolute atomic E-state index is 12.0. The van der Waals surface area contributed by atoms with Crippen LogP contribution in [-0.2, 0) is 27.2 Å². The number of carbonyl (C=O) groups excluding carboxylic acids is 2. The zero-order valence-corrected chi connectivity index (χ0v) is 19.9. The first kappa shape index (κ1) is 28.4. The van der Waals surface area contributed by atoms with Crippen LogP contribution in [0.15, 0.2) is 54.6 Å². The van der Waals surface area contributed by atoms with Crippen molar-refractivity contribution in [2.45, 2.75) is 64.0 Å². The zero-order valence-electron chi connectivity index (χ0n) is 19.9. The first-order valence-corrected chi connectivity index (χ1v) is 12.1. The molecular formula is C27H34F3NO4. The summed E-state index contributed by atoms with van der Waals surface area (Å²) in [5, 5.41) is 2.95. The number of aryl methyl sites for hydroxylation is 1. The predicted octanol–water partition coefficient (Wildman–Crippen LogP) is 5.80. The molecule has 0 fully saturated rings. The summed E-state index contributed by atoms with van der Waals surface area (Å²) in [4.78, 5) is 21.8. The van der Waals surface area contributed by atoms with Gasteiger partial charge in [-0.2, -0.15) is 13.2 Å². The van der Waals surface area contributed by atoms with Crippen LogP contribution in [0.4, 0.5) is 13.2 Å². The Balaban J connectivity index is 1.48. The van der Waals surface area contributed by atoms with Crippen LogP contribution in [0.2, 0.25) is 0 Å². The molecule has 192 valence electrons. The molecule has 2 rings (SSSR count). The molecule has 0 saturated heterocycles. The minimum atomic E-state index is -5.17. The Hall–Kier alpha value is -2.87. The van der Waals surface area contributed by atoms with Gasteiger partial charge in [-0.1, -0.05) is 68.1 Å². The summed E-state index contributed by atoms with van der Waals surface area (Å²) >= 11 is 0. The molecule has 2 aromatic carbocycles. The van der Waals surface area contributed by atoms with Gasteiger partial charge < -0.3 is 14.8 Å². The largest absolute Gasteiger partial charge is 0.494 e. The fourth-order valence-electron chi connectivity index (χ4n) is 3.52. The summed E-state index contributed by atoms with van der Waals surface area (Å²) in [6.45, 7) is 1.31. The fourth-order valence-corrected chi connectivity index (χ4v) is 3.52. The van der Waals surface area contributed by atoms with Crippen LogP contribution >= 0.6 is 0 Å². The molecule has 0 spiro atoms. The van der Waals surface area contributed by atoms with Gasteiger partial charge in [-0.05, 0) is 55.5 Å². The van der Waals surface area contributed by atoms with E-state index in [1.165, 1.54) is 31.2 Å². The van der Waals surface area contributed by atoms with Crippen LogP contribution < -0.4 is 10.1 Å². The molecule has 0 aromatic heterocycles. The number of unbranched alkanes of at least 4 members (excludes halogenated alkanes) is 5. The average molecular weight is 494 g/mol. The molecule has 8 heteroatoms. The highest BCUT2D eigenvalue weighted by atomic mass is 19.4. The second kappa shape index (κ2) is 15.9. The molecule has 0 unspecified atom stereocenters. The Morgan fingerprint density at radius 3 is 2.20 bits per heavy atom. The molecule has 1 N–H and O–H groups in total. The number of alkyl halides is 3. The van der Waals surface area contributed by atoms with Crippen molar-refractivity contribution in [3.05, 3.63) is 65.7 Å². The number of carbonyl (C=O) groups is 2.